The Kier molecular flexibility index (Phi) is 6.56. The smallest absolute Gasteiger partial charge is 0.413 e. The SMILES string of the molecule is Cn1nc(NC(=O)OC(C)(C)C)c(-c2nc(N[C@H]3CC[C@H](N)CC3)ncc2F)c1CC1CC1. The van der Waals surface area contributed by atoms with Crippen LogP contribution in [0.1, 0.15) is 65.0 Å². The maximum Gasteiger partial charge on any atom is 0.413 e. The molecule has 0 saturated heterocycles. The minimum Gasteiger partial charge on any atom is -0.444 e. The summed E-state index contributed by atoms with van der Waals surface area (Å²) in [6, 6.07) is 0.428. The average Bonchev–Trinajstić information content (AvgIpc) is 3.48. The van der Waals surface area contributed by atoms with E-state index in [1.54, 1.807) is 32.5 Å². The Morgan fingerprint density at radius 3 is 2.58 bits per heavy atom. The molecule has 2 saturated carbocycles. The number of carbonyl (C=O) groups is 1. The molecule has 4 rings (SSSR count). The van der Waals surface area contributed by atoms with Crippen molar-refractivity contribution < 1.29 is 13.9 Å². The van der Waals surface area contributed by atoms with Crippen molar-refractivity contribution in [3.8, 4) is 11.3 Å². The van der Waals surface area contributed by atoms with Crippen LogP contribution in [0.15, 0.2) is 6.20 Å². The van der Waals surface area contributed by atoms with E-state index in [9.17, 15) is 4.79 Å². The number of nitrogens with one attached hydrogen (secondary N) is 2. The van der Waals surface area contributed by atoms with Crippen molar-refractivity contribution in [2.24, 2.45) is 18.7 Å². The Labute approximate surface area is 193 Å². The Balaban J connectivity index is 1.66. The normalized spacial score (nSPS) is 21.0. The zero-order valence-electron chi connectivity index (χ0n) is 19.8. The van der Waals surface area contributed by atoms with Crippen molar-refractivity contribution in [1.29, 1.82) is 0 Å². The number of amides is 1. The van der Waals surface area contributed by atoms with E-state index in [2.05, 4.69) is 25.7 Å². The van der Waals surface area contributed by atoms with Gasteiger partial charge >= 0.3 is 6.09 Å². The van der Waals surface area contributed by atoms with E-state index in [-0.39, 0.29) is 23.6 Å². The Morgan fingerprint density at radius 2 is 1.94 bits per heavy atom. The van der Waals surface area contributed by atoms with Crippen molar-refractivity contribution in [2.45, 2.75) is 83.4 Å². The van der Waals surface area contributed by atoms with Gasteiger partial charge in [-0.2, -0.15) is 5.10 Å². The van der Waals surface area contributed by atoms with Gasteiger partial charge in [0.05, 0.1) is 17.5 Å². The molecule has 33 heavy (non-hydrogen) atoms. The van der Waals surface area contributed by atoms with Gasteiger partial charge in [0.1, 0.15) is 11.3 Å². The molecule has 180 valence electrons. The van der Waals surface area contributed by atoms with Gasteiger partial charge in [-0.05, 0) is 71.6 Å². The molecule has 1 amide bonds. The first-order chi connectivity index (χ1) is 15.6. The van der Waals surface area contributed by atoms with Crippen LogP contribution in [-0.4, -0.2) is 43.5 Å². The molecule has 2 aromatic heterocycles. The van der Waals surface area contributed by atoms with E-state index in [1.807, 2.05) is 0 Å². The van der Waals surface area contributed by atoms with Crippen LogP contribution < -0.4 is 16.4 Å². The highest BCUT2D eigenvalue weighted by Crippen LogP contribution is 2.39. The summed E-state index contributed by atoms with van der Waals surface area (Å²) in [5.74, 6) is 0.553. The van der Waals surface area contributed by atoms with Gasteiger partial charge in [-0.15, -0.1) is 0 Å². The first-order valence-electron chi connectivity index (χ1n) is 11.7. The van der Waals surface area contributed by atoms with E-state index in [1.165, 1.54) is 6.20 Å². The summed E-state index contributed by atoms with van der Waals surface area (Å²) in [6.07, 6.45) is 7.22. The second-order valence-electron chi connectivity index (χ2n) is 10.2. The molecule has 0 radical (unpaired) electrons. The predicted octanol–water partition coefficient (Wildman–Crippen LogP) is 4.00. The lowest BCUT2D eigenvalue weighted by molar-refractivity contribution is 0.0635. The van der Waals surface area contributed by atoms with E-state index in [4.69, 9.17) is 10.5 Å². The number of nitrogens with zero attached hydrogens (tertiary/aromatic N) is 4. The standard InChI is InChI=1S/C23H34FN7O2/c1-23(2,3)33-22(32)29-20-18(17(31(4)30-20)11-13-5-6-13)19-16(24)12-26-21(28-19)27-15-9-7-14(25)8-10-15/h12-15H,5-11,25H2,1-4H3,(H,26,27,28)(H,29,30,32)/t14-,15-. The van der Waals surface area contributed by atoms with E-state index in [0.29, 0.717) is 17.4 Å². The van der Waals surface area contributed by atoms with Crippen LogP contribution in [0.4, 0.5) is 21.0 Å². The summed E-state index contributed by atoms with van der Waals surface area (Å²) in [5, 5.41) is 10.5. The van der Waals surface area contributed by atoms with Gasteiger partial charge in [-0.1, -0.05) is 0 Å². The molecule has 0 atom stereocenters. The van der Waals surface area contributed by atoms with Gasteiger partial charge in [-0.25, -0.2) is 19.2 Å². The van der Waals surface area contributed by atoms with Crippen LogP contribution in [0.3, 0.4) is 0 Å². The number of carbonyl (C=O) groups excluding carboxylic acids is 1. The summed E-state index contributed by atoms with van der Waals surface area (Å²) in [4.78, 5) is 21.2. The number of hydrogen-bond donors (Lipinski definition) is 3. The van der Waals surface area contributed by atoms with Crippen LogP contribution in [0.25, 0.3) is 11.3 Å². The Bertz CT molecular complexity index is 1000. The molecule has 2 aliphatic rings. The topological polar surface area (TPSA) is 120 Å². The lowest BCUT2D eigenvalue weighted by atomic mass is 9.92. The molecule has 4 N–H and O–H groups in total. The van der Waals surface area contributed by atoms with Crippen LogP contribution >= 0.6 is 0 Å². The molecule has 2 aliphatic carbocycles. The number of anilines is 2. The number of aryl methyl sites for hydroxylation is 1. The molecule has 2 aromatic rings. The first kappa shape index (κ1) is 23.4. The highest BCUT2D eigenvalue weighted by atomic mass is 19.1. The summed E-state index contributed by atoms with van der Waals surface area (Å²) in [5.41, 5.74) is 6.76. The van der Waals surface area contributed by atoms with Gasteiger partial charge in [0.2, 0.25) is 5.95 Å². The minimum atomic E-state index is -0.671. The van der Waals surface area contributed by atoms with Crippen LogP contribution in [0.5, 0.6) is 0 Å². The van der Waals surface area contributed by atoms with Crippen molar-refractivity contribution in [3.05, 3.63) is 17.7 Å². The quantitative estimate of drug-likeness (QED) is 0.597. The maximum atomic E-state index is 15.1. The largest absolute Gasteiger partial charge is 0.444 e. The molecular formula is C23H34FN7O2. The summed E-state index contributed by atoms with van der Waals surface area (Å²) < 4.78 is 22.1. The van der Waals surface area contributed by atoms with Gasteiger partial charge in [0, 0.05) is 19.1 Å². The zero-order valence-corrected chi connectivity index (χ0v) is 19.8. The lowest BCUT2D eigenvalue weighted by Gasteiger charge is -2.26. The minimum absolute atomic E-state index is 0.120. The number of ether oxygens (including phenoxy) is 1. The fourth-order valence-corrected chi connectivity index (χ4v) is 4.18. The Morgan fingerprint density at radius 1 is 1.24 bits per heavy atom. The number of rotatable bonds is 6. The predicted molar refractivity (Wildman–Crippen MR) is 124 cm³/mol. The molecule has 2 heterocycles. The van der Waals surface area contributed by atoms with Crippen LogP contribution in [-0.2, 0) is 18.2 Å². The van der Waals surface area contributed by atoms with E-state index < -0.39 is 17.5 Å². The summed E-state index contributed by atoms with van der Waals surface area (Å²) in [6.45, 7) is 5.35. The number of nitrogens with two attached hydrogens (primary N) is 1. The molecule has 0 bridgehead atoms. The Hall–Kier alpha value is -2.75. The van der Waals surface area contributed by atoms with Crippen molar-refractivity contribution >= 4 is 17.9 Å². The number of hydrogen-bond acceptors (Lipinski definition) is 7. The van der Waals surface area contributed by atoms with Crippen molar-refractivity contribution in [3.63, 3.8) is 0 Å². The van der Waals surface area contributed by atoms with Gasteiger partial charge in [0.25, 0.3) is 0 Å². The lowest BCUT2D eigenvalue weighted by Crippen LogP contribution is -2.33. The average molecular weight is 460 g/mol. The number of halogens is 1. The van der Waals surface area contributed by atoms with Gasteiger partial charge in [0.15, 0.2) is 11.6 Å². The molecular weight excluding hydrogens is 425 g/mol. The molecule has 10 heteroatoms. The molecule has 0 aliphatic heterocycles. The first-order valence-corrected chi connectivity index (χ1v) is 11.7. The third-order valence-corrected chi connectivity index (χ3v) is 6.05. The molecule has 0 unspecified atom stereocenters. The molecule has 0 spiro atoms. The second-order valence-corrected chi connectivity index (χ2v) is 10.2. The summed E-state index contributed by atoms with van der Waals surface area (Å²) in [7, 11) is 1.80. The monoisotopic (exact) mass is 459 g/mol. The van der Waals surface area contributed by atoms with Gasteiger partial charge < -0.3 is 15.8 Å². The maximum absolute atomic E-state index is 15.1. The molecule has 2 fully saturated rings. The highest BCUT2D eigenvalue weighted by Gasteiger charge is 2.30. The number of aromatic nitrogens is 4. The third-order valence-electron chi connectivity index (χ3n) is 6.05. The van der Waals surface area contributed by atoms with Crippen molar-refractivity contribution in [2.75, 3.05) is 10.6 Å². The third kappa shape index (κ3) is 5.98. The van der Waals surface area contributed by atoms with Crippen LogP contribution in [0, 0.1) is 11.7 Å². The summed E-state index contributed by atoms with van der Waals surface area (Å²) >= 11 is 0. The van der Waals surface area contributed by atoms with E-state index in [0.717, 1.165) is 50.6 Å². The van der Waals surface area contributed by atoms with Crippen molar-refractivity contribution in [1.82, 2.24) is 19.7 Å². The molecule has 0 aromatic carbocycles. The fourth-order valence-electron chi connectivity index (χ4n) is 4.18. The van der Waals surface area contributed by atoms with E-state index >= 15 is 4.39 Å². The zero-order chi connectivity index (χ0) is 23.8. The van der Waals surface area contributed by atoms with Gasteiger partial charge in [-0.3, -0.25) is 10.00 Å². The fraction of sp³-hybridized carbons (Fsp3) is 0.652. The second kappa shape index (κ2) is 9.24. The van der Waals surface area contributed by atoms with Crippen LogP contribution in [0.2, 0.25) is 0 Å². The molecule has 9 nitrogen and oxygen atoms in total. The highest BCUT2D eigenvalue weighted by molar-refractivity contribution is 5.90.